The highest BCUT2D eigenvalue weighted by Gasteiger charge is 2.46. The van der Waals surface area contributed by atoms with Crippen LogP contribution in [-0.4, -0.2) is 6.04 Å². The van der Waals surface area contributed by atoms with E-state index in [2.05, 4.69) is 47.1 Å². The molecule has 0 radical (unpaired) electrons. The summed E-state index contributed by atoms with van der Waals surface area (Å²) < 4.78 is 1.14. The van der Waals surface area contributed by atoms with Crippen molar-refractivity contribution in [3.63, 3.8) is 0 Å². The minimum Gasteiger partial charge on any atom is -0.327 e. The highest BCUT2D eigenvalue weighted by Crippen LogP contribution is 2.46. The van der Waals surface area contributed by atoms with Gasteiger partial charge in [0.15, 0.2) is 0 Å². The third-order valence-corrected chi connectivity index (χ3v) is 3.47. The monoisotopic (exact) mass is 239 g/mol. The van der Waals surface area contributed by atoms with Gasteiger partial charge in [-0.25, -0.2) is 0 Å². The summed E-state index contributed by atoms with van der Waals surface area (Å²) in [6.45, 7) is 2.26. The topological polar surface area (TPSA) is 26.0 Å². The molecule has 1 fully saturated rings. The average Bonchev–Trinajstić information content (AvgIpc) is 2.65. The van der Waals surface area contributed by atoms with E-state index in [-0.39, 0.29) is 0 Å². The molecule has 2 atom stereocenters. The van der Waals surface area contributed by atoms with Gasteiger partial charge < -0.3 is 5.73 Å². The Morgan fingerprint density at radius 3 is 2.46 bits per heavy atom. The summed E-state index contributed by atoms with van der Waals surface area (Å²) in [5.74, 6) is 0. The van der Waals surface area contributed by atoms with Crippen molar-refractivity contribution in [3.05, 3.63) is 34.3 Å². The molecular formula is C11H14BrN. The number of nitrogens with two attached hydrogens (primary N) is 1. The minimum absolute atomic E-state index is 0.369. The van der Waals surface area contributed by atoms with E-state index in [1.54, 1.807) is 0 Å². The van der Waals surface area contributed by atoms with E-state index in [0.717, 1.165) is 10.9 Å². The van der Waals surface area contributed by atoms with Crippen LogP contribution in [0.4, 0.5) is 0 Å². The SMILES string of the molecule is CC1(Cc2ccc(Br)cc2)CC1N. The van der Waals surface area contributed by atoms with Gasteiger partial charge in [0.1, 0.15) is 0 Å². The molecule has 2 heteroatoms. The van der Waals surface area contributed by atoms with Crippen LogP contribution in [0, 0.1) is 5.41 Å². The van der Waals surface area contributed by atoms with E-state index in [4.69, 9.17) is 5.73 Å². The third kappa shape index (κ3) is 1.94. The maximum Gasteiger partial charge on any atom is 0.0175 e. The Labute approximate surface area is 87.5 Å². The largest absolute Gasteiger partial charge is 0.327 e. The molecule has 0 heterocycles. The molecule has 1 aliphatic carbocycles. The van der Waals surface area contributed by atoms with Crippen molar-refractivity contribution in [2.45, 2.75) is 25.8 Å². The average molecular weight is 240 g/mol. The molecular weight excluding hydrogens is 226 g/mol. The second-order valence-corrected chi connectivity index (χ2v) is 5.18. The van der Waals surface area contributed by atoms with Crippen molar-refractivity contribution in [1.82, 2.24) is 0 Å². The maximum atomic E-state index is 5.87. The number of rotatable bonds is 2. The quantitative estimate of drug-likeness (QED) is 0.845. The molecule has 2 rings (SSSR count). The Morgan fingerprint density at radius 2 is 2.00 bits per heavy atom. The van der Waals surface area contributed by atoms with Crippen molar-refractivity contribution in [2.24, 2.45) is 11.1 Å². The third-order valence-electron chi connectivity index (χ3n) is 2.94. The first kappa shape index (κ1) is 9.22. The van der Waals surface area contributed by atoms with Gasteiger partial charge in [0, 0.05) is 10.5 Å². The summed E-state index contributed by atoms with van der Waals surface area (Å²) in [7, 11) is 0. The lowest BCUT2D eigenvalue weighted by atomic mass is 9.98. The van der Waals surface area contributed by atoms with Crippen LogP contribution >= 0.6 is 15.9 Å². The molecule has 0 aromatic heterocycles. The molecule has 1 aromatic rings. The van der Waals surface area contributed by atoms with Crippen LogP contribution in [0.2, 0.25) is 0 Å². The zero-order valence-electron chi connectivity index (χ0n) is 7.76. The van der Waals surface area contributed by atoms with Crippen LogP contribution in [0.15, 0.2) is 28.7 Å². The lowest BCUT2D eigenvalue weighted by molar-refractivity contribution is 0.544. The van der Waals surface area contributed by atoms with Gasteiger partial charge in [-0.3, -0.25) is 0 Å². The van der Waals surface area contributed by atoms with Gasteiger partial charge in [0.25, 0.3) is 0 Å². The van der Waals surface area contributed by atoms with Gasteiger partial charge in [-0.2, -0.15) is 0 Å². The van der Waals surface area contributed by atoms with Gasteiger partial charge in [-0.05, 0) is 36.0 Å². The Balaban J connectivity index is 2.07. The van der Waals surface area contributed by atoms with Crippen LogP contribution in [-0.2, 0) is 6.42 Å². The lowest BCUT2D eigenvalue weighted by Crippen LogP contribution is -2.12. The Bertz CT molecular complexity index is 306. The fourth-order valence-electron chi connectivity index (χ4n) is 1.72. The first-order valence-electron chi connectivity index (χ1n) is 4.60. The second-order valence-electron chi connectivity index (χ2n) is 4.27. The highest BCUT2D eigenvalue weighted by molar-refractivity contribution is 9.10. The zero-order valence-corrected chi connectivity index (χ0v) is 9.34. The number of hydrogen-bond acceptors (Lipinski definition) is 1. The Hall–Kier alpha value is -0.340. The molecule has 2 unspecified atom stereocenters. The van der Waals surface area contributed by atoms with Crippen molar-refractivity contribution in [2.75, 3.05) is 0 Å². The molecule has 1 aromatic carbocycles. The fourth-order valence-corrected chi connectivity index (χ4v) is 1.98. The number of hydrogen-bond donors (Lipinski definition) is 1. The van der Waals surface area contributed by atoms with E-state index in [1.807, 2.05) is 0 Å². The van der Waals surface area contributed by atoms with Crippen LogP contribution in [0.5, 0.6) is 0 Å². The summed E-state index contributed by atoms with van der Waals surface area (Å²) in [6, 6.07) is 8.93. The molecule has 2 N–H and O–H groups in total. The lowest BCUT2D eigenvalue weighted by Gasteiger charge is -2.09. The second kappa shape index (κ2) is 3.10. The molecule has 1 saturated carbocycles. The maximum absolute atomic E-state index is 5.87. The summed E-state index contributed by atoms with van der Waals surface area (Å²) in [6.07, 6.45) is 2.28. The fraction of sp³-hybridized carbons (Fsp3) is 0.455. The number of halogens is 1. The first-order valence-corrected chi connectivity index (χ1v) is 5.39. The van der Waals surface area contributed by atoms with Crippen LogP contribution in [0.25, 0.3) is 0 Å². The summed E-state index contributed by atoms with van der Waals surface area (Å²) in [4.78, 5) is 0. The standard InChI is InChI=1S/C11H14BrN/c1-11(7-10(11)13)6-8-2-4-9(12)5-3-8/h2-5,10H,6-7,13H2,1H3. The van der Waals surface area contributed by atoms with Gasteiger partial charge in [-0.15, -0.1) is 0 Å². The highest BCUT2D eigenvalue weighted by atomic mass is 79.9. The molecule has 1 aliphatic rings. The van der Waals surface area contributed by atoms with Crippen molar-refractivity contribution < 1.29 is 0 Å². The predicted octanol–water partition coefficient (Wildman–Crippen LogP) is 2.73. The normalized spacial score (nSPS) is 31.8. The summed E-state index contributed by atoms with van der Waals surface area (Å²) >= 11 is 3.43. The molecule has 1 nitrogen and oxygen atoms in total. The van der Waals surface area contributed by atoms with E-state index in [1.165, 1.54) is 12.0 Å². The van der Waals surface area contributed by atoms with Crippen LogP contribution in [0.1, 0.15) is 18.9 Å². The predicted molar refractivity (Wildman–Crippen MR) is 58.5 cm³/mol. The molecule has 0 saturated heterocycles. The smallest absolute Gasteiger partial charge is 0.0175 e. The molecule has 70 valence electrons. The van der Waals surface area contributed by atoms with E-state index in [9.17, 15) is 0 Å². The summed E-state index contributed by atoms with van der Waals surface area (Å²) in [5.41, 5.74) is 7.63. The zero-order chi connectivity index (χ0) is 9.47. The van der Waals surface area contributed by atoms with Gasteiger partial charge >= 0.3 is 0 Å². The number of benzene rings is 1. The van der Waals surface area contributed by atoms with E-state index in [0.29, 0.717) is 11.5 Å². The Kier molecular flexibility index (Phi) is 2.20. The molecule has 0 spiro atoms. The van der Waals surface area contributed by atoms with Crippen molar-refractivity contribution in [1.29, 1.82) is 0 Å². The van der Waals surface area contributed by atoms with Crippen molar-refractivity contribution in [3.8, 4) is 0 Å². The first-order chi connectivity index (χ1) is 6.10. The van der Waals surface area contributed by atoms with Crippen LogP contribution < -0.4 is 5.73 Å². The van der Waals surface area contributed by atoms with E-state index < -0.39 is 0 Å². The molecule has 0 amide bonds. The van der Waals surface area contributed by atoms with Crippen molar-refractivity contribution >= 4 is 15.9 Å². The van der Waals surface area contributed by atoms with Crippen LogP contribution in [0.3, 0.4) is 0 Å². The molecule has 13 heavy (non-hydrogen) atoms. The molecule has 0 aliphatic heterocycles. The Morgan fingerprint density at radius 1 is 1.46 bits per heavy atom. The van der Waals surface area contributed by atoms with Gasteiger partial charge in [0.05, 0.1) is 0 Å². The minimum atomic E-state index is 0.369. The van der Waals surface area contributed by atoms with Gasteiger partial charge in [-0.1, -0.05) is 35.0 Å². The molecule has 0 bridgehead atoms. The van der Waals surface area contributed by atoms with E-state index >= 15 is 0 Å². The van der Waals surface area contributed by atoms with Gasteiger partial charge in [0.2, 0.25) is 0 Å². The summed E-state index contributed by atoms with van der Waals surface area (Å²) in [5, 5.41) is 0.